The normalized spacial score (nSPS) is 11.6. The van der Waals surface area contributed by atoms with Crippen LogP contribution in [0.2, 0.25) is 0 Å². The Hall–Kier alpha value is -2.70. The van der Waals surface area contributed by atoms with E-state index in [1.165, 1.54) is 0 Å². The van der Waals surface area contributed by atoms with Gasteiger partial charge in [0.15, 0.2) is 12.4 Å². The topological polar surface area (TPSA) is 76.1 Å². The third-order valence-electron chi connectivity index (χ3n) is 3.07. The number of nitrogens with zero attached hydrogens (tertiary/aromatic N) is 2. The fourth-order valence-electron chi connectivity index (χ4n) is 1.93. The molecular weight excluding hydrogens is 299 g/mol. The summed E-state index contributed by atoms with van der Waals surface area (Å²) in [7, 11) is 0. The molecule has 0 aliphatic heterocycles. The van der Waals surface area contributed by atoms with Gasteiger partial charge in [0.05, 0.1) is 18.4 Å². The summed E-state index contributed by atoms with van der Waals surface area (Å²) in [5, 5.41) is 5.74. The van der Waals surface area contributed by atoms with E-state index in [1.807, 2.05) is 32.0 Å². The molecule has 0 saturated carbocycles. The molecule has 2 aromatic rings. The van der Waals surface area contributed by atoms with E-state index in [9.17, 15) is 9.18 Å². The second kappa shape index (κ2) is 8.07. The molecule has 0 bridgehead atoms. The maximum atomic E-state index is 12.8. The Morgan fingerprint density at radius 1 is 1.35 bits per heavy atom. The number of ether oxygens (including phenoxy) is 1. The number of halogens is 1. The van der Waals surface area contributed by atoms with Gasteiger partial charge in [0.1, 0.15) is 5.75 Å². The highest BCUT2D eigenvalue weighted by Gasteiger charge is 2.09. The van der Waals surface area contributed by atoms with Crippen LogP contribution in [0, 0.1) is 5.82 Å². The van der Waals surface area contributed by atoms with Crippen molar-refractivity contribution in [2.45, 2.75) is 19.9 Å². The largest absolute Gasteiger partial charge is 0.484 e. The number of carbonyl (C=O) groups is 1. The molecule has 1 aromatic heterocycles. The van der Waals surface area contributed by atoms with Crippen LogP contribution in [0.25, 0.3) is 0 Å². The number of anilines is 1. The van der Waals surface area contributed by atoms with Crippen molar-refractivity contribution < 1.29 is 13.9 Å². The van der Waals surface area contributed by atoms with Crippen LogP contribution < -0.4 is 15.4 Å². The van der Waals surface area contributed by atoms with Crippen LogP contribution in [0.4, 0.5) is 10.3 Å². The molecule has 1 amide bonds. The maximum Gasteiger partial charge on any atom is 0.257 e. The minimum Gasteiger partial charge on any atom is -0.484 e. The highest BCUT2D eigenvalue weighted by Crippen LogP contribution is 2.21. The number of rotatable bonds is 7. The van der Waals surface area contributed by atoms with Gasteiger partial charge in [-0.2, -0.15) is 0 Å². The molecule has 0 aliphatic rings. The molecule has 1 heterocycles. The van der Waals surface area contributed by atoms with Gasteiger partial charge in [-0.3, -0.25) is 4.79 Å². The van der Waals surface area contributed by atoms with E-state index in [4.69, 9.17) is 4.74 Å². The van der Waals surface area contributed by atoms with Crippen LogP contribution in [0.1, 0.15) is 25.5 Å². The lowest BCUT2D eigenvalue weighted by Gasteiger charge is -2.15. The fraction of sp³-hybridized carbons (Fsp3) is 0.312. The van der Waals surface area contributed by atoms with E-state index >= 15 is 0 Å². The standard InChI is InChI=1S/C16H19FN4O2/c1-3-18-15(22)10-23-14-6-4-5-12(7-14)11(2)21-16-19-8-13(17)9-20-16/h4-9,11H,3,10H2,1-2H3,(H,18,22)(H,19,20,21)/t11-/m1/s1. The zero-order chi connectivity index (χ0) is 16.7. The van der Waals surface area contributed by atoms with Crippen LogP contribution in [0.5, 0.6) is 5.75 Å². The fourth-order valence-corrected chi connectivity index (χ4v) is 1.93. The average molecular weight is 318 g/mol. The molecule has 0 unspecified atom stereocenters. The van der Waals surface area contributed by atoms with Gasteiger partial charge in [-0.15, -0.1) is 0 Å². The van der Waals surface area contributed by atoms with E-state index in [0.29, 0.717) is 18.2 Å². The predicted octanol–water partition coefficient (Wildman–Crippen LogP) is 2.30. The Kier molecular flexibility index (Phi) is 5.85. The molecule has 1 atom stereocenters. The number of hydrogen-bond acceptors (Lipinski definition) is 5. The quantitative estimate of drug-likeness (QED) is 0.819. The molecule has 7 heteroatoms. The number of amides is 1. The van der Waals surface area contributed by atoms with Gasteiger partial charge in [-0.1, -0.05) is 12.1 Å². The van der Waals surface area contributed by atoms with Gasteiger partial charge in [-0.25, -0.2) is 14.4 Å². The van der Waals surface area contributed by atoms with Crippen LogP contribution in [0.3, 0.4) is 0 Å². The SMILES string of the molecule is CCNC(=O)COc1cccc([C@@H](C)Nc2ncc(F)cn2)c1. The average Bonchev–Trinajstić information content (AvgIpc) is 2.55. The van der Waals surface area contributed by atoms with Gasteiger partial charge in [0, 0.05) is 6.54 Å². The summed E-state index contributed by atoms with van der Waals surface area (Å²) in [6, 6.07) is 7.27. The number of benzene rings is 1. The first kappa shape index (κ1) is 16.7. The number of likely N-dealkylation sites (N-methyl/N-ethyl adjacent to an activating group) is 1. The molecule has 23 heavy (non-hydrogen) atoms. The Morgan fingerprint density at radius 3 is 2.78 bits per heavy atom. The second-order valence-corrected chi connectivity index (χ2v) is 4.91. The Balaban J connectivity index is 1.97. The van der Waals surface area contributed by atoms with Crippen molar-refractivity contribution in [3.63, 3.8) is 0 Å². The van der Waals surface area contributed by atoms with Crippen molar-refractivity contribution in [2.75, 3.05) is 18.5 Å². The lowest BCUT2D eigenvalue weighted by molar-refractivity contribution is -0.122. The minimum absolute atomic E-state index is 0.0276. The van der Waals surface area contributed by atoms with Gasteiger partial charge >= 0.3 is 0 Å². The molecule has 2 N–H and O–H groups in total. The molecule has 0 fully saturated rings. The van der Waals surface area contributed by atoms with Gasteiger partial charge in [0.2, 0.25) is 5.95 Å². The predicted molar refractivity (Wildman–Crippen MR) is 84.6 cm³/mol. The molecule has 1 aromatic carbocycles. The van der Waals surface area contributed by atoms with Gasteiger partial charge in [-0.05, 0) is 31.5 Å². The van der Waals surface area contributed by atoms with Crippen LogP contribution >= 0.6 is 0 Å². The van der Waals surface area contributed by atoms with E-state index in [2.05, 4.69) is 20.6 Å². The number of aromatic nitrogens is 2. The zero-order valence-electron chi connectivity index (χ0n) is 13.0. The molecule has 6 nitrogen and oxygen atoms in total. The molecule has 0 aliphatic carbocycles. The summed E-state index contributed by atoms with van der Waals surface area (Å²) in [6.07, 6.45) is 2.21. The Morgan fingerprint density at radius 2 is 2.09 bits per heavy atom. The Labute approximate surface area is 134 Å². The lowest BCUT2D eigenvalue weighted by atomic mass is 10.1. The van der Waals surface area contributed by atoms with Gasteiger partial charge < -0.3 is 15.4 Å². The third kappa shape index (κ3) is 5.21. The minimum atomic E-state index is -0.482. The van der Waals surface area contributed by atoms with Crippen molar-refractivity contribution in [3.8, 4) is 5.75 Å². The molecule has 2 rings (SSSR count). The molecule has 0 spiro atoms. The highest BCUT2D eigenvalue weighted by atomic mass is 19.1. The van der Waals surface area contributed by atoms with Gasteiger partial charge in [0.25, 0.3) is 5.91 Å². The zero-order valence-corrected chi connectivity index (χ0v) is 13.0. The summed E-state index contributed by atoms with van der Waals surface area (Å²) in [5.41, 5.74) is 0.936. The van der Waals surface area contributed by atoms with E-state index in [0.717, 1.165) is 18.0 Å². The van der Waals surface area contributed by atoms with Crippen LogP contribution in [0.15, 0.2) is 36.7 Å². The van der Waals surface area contributed by atoms with Crippen molar-refractivity contribution in [3.05, 3.63) is 48.0 Å². The smallest absolute Gasteiger partial charge is 0.257 e. The lowest BCUT2D eigenvalue weighted by Crippen LogP contribution is -2.28. The first-order valence-corrected chi connectivity index (χ1v) is 7.32. The summed E-state index contributed by atoms with van der Waals surface area (Å²) in [4.78, 5) is 19.1. The second-order valence-electron chi connectivity index (χ2n) is 4.91. The summed E-state index contributed by atoms with van der Waals surface area (Å²) < 4.78 is 18.3. The molecule has 0 radical (unpaired) electrons. The molecule has 0 saturated heterocycles. The summed E-state index contributed by atoms with van der Waals surface area (Å²) >= 11 is 0. The molecule has 122 valence electrons. The van der Waals surface area contributed by atoms with Crippen molar-refractivity contribution in [1.29, 1.82) is 0 Å². The summed E-state index contributed by atoms with van der Waals surface area (Å²) in [5.74, 6) is 0.294. The van der Waals surface area contributed by atoms with E-state index in [-0.39, 0.29) is 18.6 Å². The van der Waals surface area contributed by atoms with Crippen LogP contribution in [-0.4, -0.2) is 29.0 Å². The van der Waals surface area contributed by atoms with Crippen molar-refractivity contribution >= 4 is 11.9 Å². The van der Waals surface area contributed by atoms with Crippen molar-refractivity contribution in [1.82, 2.24) is 15.3 Å². The number of carbonyl (C=O) groups excluding carboxylic acids is 1. The monoisotopic (exact) mass is 318 g/mol. The Bertz CT molecular complexity index is 649. The van der Waals surface area contributed by atoms with Crippen molar-refractivity contribution in [2.24, 2.45) is 0 Å². The summed E-state index contributed by atoms with van der Waals surface area (Å²) in [6.45, 7) is 4.32. The molecular formula is C16H19FN4O2. The number of hydrogen-bond donors (Lipinski definition) is 2. The first-order chi connectivity index (χ1) is 11.1. The highest BCUT2D eigenvalue weighted by molar-refractivity contribution is 5.77. The third-order valence-corrected chi connectivity index (χ3v) is 3.07. The van der Waals surface area contributed by atoms with E-state index < -0.39 is 5.82 Å². The van der Waals surface area contributed by atoms with Crippen LogP contribution in [-0.2, 0) is 4.79 Å². The first-order valence-electron chi connectivity index (χ1n) is 7.32. The van der Waals surface area contributed by atoms with E-state index in [1.54, 1.807) is 6.07 Å². The maximum absolute atomic E-state index is 12.8. The number of nitrogens with one attached hydrogen (secondary N) is 2.